The maximum absolute atomic E-state index is 14.2. The summed E-state index contributed by atoms with van der Waals surface area (Å²) >= 11 is 14.3. The van der Waals surface area contributed by atoms with Gasteiger partial charge in [0.1, 0.15) is 5.75 Å². The third kappa shape index (κ3) is 4.45. The molecular weight excluding hydrogens is 641 g/mol. The van der Waals surface area contributed by atoms with Gasteiger partial charge in [0, 0.05) is 38.3 Å². The number of imide groups is 2. The number of phenolic OH excluding ortho intramolecular Hbond substituents is 1. The van der Waals surface area contributed by atoms with E-state index in [2.05, 4.69) is 10.2 Å². The lowest BCUT2D eigenvalue weighted by molar-refractivity contribution is -0.138. The number of benzene rings is 3. The Bertz CT molecular complexity index is 1890. The van der Waals surface area contributed by atoms with E-state index in [1.165, 1.54) is 18.0 Å². The molecule has 1 saturated carbocycles. The normalized spacial score (nSPS) is 30.0. The molecule has 3 aromatic carbocycles. The first-order valence-electron chi connectivity index (χ1n) is 15.2. The molecule has 7 rings (SSSR count). The molecule has 2 aliphatic heterocycles. The summed E-state index contributed by atoms with van der Waals surface area (Å²) in [6, 6.07) is 20.7. The zero-order valence-electron chi connectivity index (χ0n) is 25.8. The molecule has 0 spiro atoms. The first kappa shape index (κ1) is 31.1. The Kier molecular flexibility index (Phi) is 7.29. The van der Waals surface area contributed by atoms with Gasteiger partial charge in [-0.2, -0.15) is 10.2 Å². The van der Waals surface area contributed by atoms with E-state index in [4.69, 9.17) is 23.2 Å². The van der Waals surface area contributed by atoms with Gasteiger partial charge in [0.05, 0.1) is 28.9 Å². The number of halogens is 2. The van der Waals surface area contributed by atoms with E-state index < -0.39 is 51.1 Å². The van der Waals surface area contributed by atoms with E-state index in [9.17, 15) is 24.3 Å². The minimum Gasteiger partial charge on any atom is -0.508 e. The van der Waals surface area contributed by atoms with Gasteiger partial charge in [-0.25, -0.2) is 0 Å². The Morgan fingerprint density at radius 2 is 1.45 bits per heavy atom. The van der Waals surface area contributed by atoms with E-state index in [0.717, 1.165) is 10.6 Å². The molecule has 47 heavy (non-hydrogen) atoms. The topological polar surface area (TPSA) is 123 Å². The van der Waals surface area contributed by atoms with Crippen LogP contribution < -0.4 is 9.80 Å². The number of phenols is 1. The van der Waals surface area contributed by atoms with Crippen LogP contribution in [-0.4, -0.2) is 64.5 Å². The lowest BCUT2D eigenvalue weighted by Crippen LogP contribution is -2.60. The largest absolute Gasteiger partial charge is 0.508 e. The smallest absolute Gasteiger partial charge is 0.253 e. The number of anilines is 2. The molecule has 0 radical (unpaired) electrons. The van der Waals surface area contributed by atoms with E-state index >= 15 is 0 Å². The highest BCUT2D eigenvalue weighted by Crippen LogP contribution is 2.66. The fourth-order valence-corrected chi connectivity index (χ4v) is 8.69. The van der Waals surface area contributed by atoms with Gasteiger partial charge in [-0.05, 0) is 73.4 Å². The van der Waals surface area contributed by atoms with Crippen LogP contribution in [0.4, 0.5) is 22.7 Å². The molecule has 12 heteroatoms. The van der Waals surface area contributed by atoms with Gasteiger partial charge >= 0.3 is 0 Å². The van der Waals surface area contributed by atoms with E-state index in [-0.39, 0.29) is 24.5 Å². The Hall–Kier alpha value is -4.54. The molecule has 240 valence electrons. The number of rotatable bonds is 5. The average molecular weight is 673 g/mol. The maximum atomic E-state index is 14.2. The second-order valence-electron chi connectivity index (χ2n) is 12.7. The highest BCUT2D eigenvalue weighted by atomic mass is 35.5. The quantitative estimate of drug-likeness (QED) is 0.152. The predicted molar refractivity (Wildman–Crippen MR) is 177 cm³/mol. The zero-order chi connectivity index (χ0) is 33.4. The van der Waals surface area contributed by atoms with Crippen LogP contribution in [0.2, 0.25) is 0 Å². The van der Waals surface area contributed by atoms with Crippen molar-refractivity contribution in [2.45, 2.75) is 28.5 Å². The number of carbonyl (C=O) groups is 4. The summed E-state index contributed by atoms with van der Waals surface area (Å²) in [5, 5.41) is 19.5. The van der Waals surface area contributed by atoms with Crippen molar-refractivity contribution in [1.82, 2.24) is 4.90 Å². The number of alkyl halides is 2. The van der Waals surface area contributed by atoms with Crippen molar-refractivity contribution >= 4 is 69.6 Å². The van der Waals surface area contributed by atoms with Crippen LogP contribution in [0.1, 0.15) is 24.3 Å². The third-order valence-electron chi connectivity index (χ3n) is 10.0. The minimum absolute atomic E-state index is 0.117. The maximum Gasteiger partial charge on any atom is 0.253 e. The Morgan fingerprint density at radius 3 is 2.06 bits per heavy atom. The molecule has 4 amide bonds. The van der Waals surface area contributed by atoms with Gasteiger partial charge in [-0.1, -0.05) is 29.8 Å². The molecule has 3 fully saturated rings. The number of hydrogen-bond donors (Lipinski definition) is 1. The highest BCUT2D eigenvalue weighted by molar-refractivity contribution is 6.53. The van der Waals surface area contributed by atoms with Gasteiger partial charge < -0.3 is 10.0 Å². The van der Waals surface area contributed by atoms with Crippen molar-refractivity contribution in [3.8, 4) is 5.75 Å². The Balaban J connectivity index is 1.21. The number of likely N-dealkylation sites (tertiary alicyclic amines) is 1. The standard InChI is InChI=1S/C35H31Cl2N5O5/c1-40(2)21-12-8-19(9-13-21)38-39-20-10-14-22(15-11-20)42-30(44)25-17-16-23-26(28(25)31(42)45)18-34(36)32(46)41(3)33(47)35(34,37)29(23)24-6-4-5-7-27(24)43/h4-16,25-26,28-29,43H,17-18H2,1-3H3. The van der Waals surface area contributed by atoms with Crippen molar-refractivity contribution in [3.63, 3.8) is 0 Å². The lowest BCUT2D eigenvalue weighted by atomic mass is 9.56. The predicted octanol–water partition coefficient (Wildman–Crippen LogP) is 6.07. The summed E-state index contributed by atoms with van der Waals surface area (Å²) < 4.78 is 0. The Morgan fingerprint density at radius 1 is 0.830 bits per heavy atom. The molecule has 3 aromatic rings. The van der Waals surface area contributed by atoms with Crippen molar-refractivity contribution in [2.75, 3.05) is 30.9 Å². The number of azo groups is 1. The summed E-state index contributed by atoms with van der Waals surface area (Å²) in [7, 11) is 5.24. The van der Waals surface area contributed by atoms with Crippen LogP contribution in [0.5, 0.6) is 5.75 Å². The summed E-state index contributed by atoms with van der Waals surface area (Å²) in [6.45, 7) is 0. The molecule has 2 heterocycles. The molecule has 6 atom stereocenters. The van der Waals surface area contributed by atoms with Crippen molar-refractivity contribution in [1.29, 1.82) is 0 Å². The molecule has 2 aliphatic carbocycles. The van der Waals surface area contributed by atoms with Crippen LogP contribution in [0.25, 0.3) is 0 Å². The second kappa shape index (κ2) is 11.0. The van der Waals surface area contributed by atoms with Gasteiger partial charge in [0.15, 0.2) is 9.75 Å². The molecule has 10 nitrogen and oxygen atoms in total. The molecule has 4 aliphatic rings. The zero-order valence-corrected chi connectivity index (χ0v) is 27.3. The highest BCUT2D eigenvalue weighted by Gasteiger charge is 2.76. The van der Waals surface area contributed by atoms with Crippen LogP contribution >= 0.6 is 23.2 Å². The minimum atomic E-state index is -1.95. The van der Waals surface area contributed by atoms with E-state index in [0.29, 0.717) is 28.2 Å². The van der Waals surface area contributed by atoms with E-state index in [1.54, 1.807) is 42.5 Å². The fourth-order valence-electron chi connectivity index (χ4n) is 7.68. The second-order valence-corrected chi connectivity index (χ2v) is 13.9. The molecule has 0 aromatic heterocycles. The number of carbonyl (C=O) groups excluding carboxylic acids is 4. The number of amides is 4. The number of hydrogen-bond acceptors (Lipinski definition) is 8. The molecule has 2 saturated heterocycles. The van der Waals surface area contributed by atoms with Crippen LogP contribution in [0.15, 0.2) is 94.7 Å². The monoisotopic (exact) mass is 671 g/mol. The fraction of sp³-hybridized carbons (Fsp3) is 0.314. The summed E-state index contributed by atoms with van der Waals surface area (Å²) in [4.78, 5) is 55.5. The number of para-hydroxylation sites is 1. The van der Waals surface area contributed by atoms with Crippen LogP contribution in [-0.2, 0) is 19.2 Å². The first-order chi connectivity index (χ1) is 22.4. The number of allylic oxidation sites excluding steroid dienone is 2. The third-order valence-corrected chi connectivity index (χ3v) is 11.4. The van der Waals surface area contributed by atoms with Gasteiger partial charge in [0.25, 0.3) is 11.8 Å². The van der Waals surface area contributed by atoms with Crippen molar-refractivity contribution in [2.24, 2.45) is 28.0 Å². The Labute approximate surface area is 281 Å². The van der Waals surface area contributed by atoms with Crippen LogP contribution in [0.3, 0.4) is 0 Å². The number of aromatic hydroxyl groups is 1. The van der Waals surface area contributed by atoms with Gasteiger partial charge in [0.2, 0.25) is 11.8 Å². The summed E-state index contributed by atoms with van der Waals surface area (Å²) in [6.07, 6.45) is 1.94. The number of fused-ring (bicyclic) bond motifs is 4. The molecule has 6 unspecified atom stereocenters. The van der Waals surface area contributed by atoms with Gasteiger partial charge in [-0.15, -0.1) is 23.2 Å². The first-order valence-corrected chi connectivity index (χ1v) is 16.0. The lowest BCUT2D eigenvalue weighted by Gasteiger charge is -2.50. The van der Waals surface area contributed by atoms with Crippen molar-refractivity contribution < 1.29 is 24.3 Å². The summed E-state index contributed by atoms with van der Waals surface area (Å²) in [5.41, 5.74) is 3.59. The SMILES string of the molecule is CN1C(=O)C2(Cl)CC3C(=CCC4C(=O)N(c5ccc(N=Nc6ccc(N(C)C)cc6)cc5)C(=O)C43)C(c3ccccc3O)C2(Cl)C1=O. The molecule has 0 bridgehead atoms. The van der Waals surface area contributed by atoms with E-state index in [1.807, 2.05) is 49.3 Å². The van der Waals surface area contributed by atoms with Gasteiger partial charge in [-0.3, -0.25) is 29.0 Å². The summed E-state index contributed by atoms with van der Waals surface area (Å²) in [5.74, 6) is -5.47. The molecule has 1 N–H and O–H groups in total. The number of nitrogens with zero attached hydrogens (tertiary/aromatic N) is 5. The average Bonchev–Trinajstić information content (AvgIpc) is 3.39. The van der Waals surface area contributed by atoms with Crippen LogP contribution in [0, 0.1) is 17.8 Å². The van der Waals surface area contributed by atoms with Crippen molar-refractivity contribution in [3.05, 3.63) is 90.0 Å². The molecular formula is C35H31Cl2N5O5.